The largest absolute Gasteiger partial charge is 0.491 e. The smallest absolute Gasteiger partial charge is 0.276 e. The summed E-state index contributed by atoms with van der Waals surface area (Å²) in [5.74, 6) is 0.307. The van der Waals surface area contributed by atoms with Crippen molar-refractivity contribution in [1.29, 1.82) is 0 Å². The van der Waals surface area contributed by atoms with Crippen LogP contribution in [0.4, 0.5) is 0 Å². The van der Waals surface area contributed by atoms with E-state index in [0.717, 1.165) is 0 Å². The Morgan fingerprint density at radius 1 is 1.44 bits per heavy atom. The molecule has 8 heteroatoms. The summed E-state index contributed by atoms with van der Waals surface area (Å²) in [6.45, 7) is 2.29. The van der Waals surface area contributed by atoms with Crippen molar-refractivity contribution in [2.24, 2.45) is 12.1 Å². The van der Waals surface area contributed by atoms with Gasteiger partial charge in [-0.3, -0.25) is 9.59 Å². The van der Waals surface area contributed by atoms with Crippen molar-refractivity contribution in [1.82, 2.24) is 9.99 Å². The molecule has 0 aliphatic carbocycles. The maximum Gasteiger partial charge on any atom is 0.276 e. The number of aromatic nitrogens is 1. The van der Waals surface area contributed by atoms with E-state index >= 15 is 0 Å². The number of hydrazone groups is 1. The molecule has 0 atom stereocenters. The standard InChI is InChI=1S/C17H18ClN3O4/c1-4-25-14-9-11(8-13(18)15(14)24-3)10-19-20-16(22)12-6-5-7-21(2)17(12)23/h5-10H,4H2,1-3H3,(H,20,22)/b19-10-. The van der Waals surface area contributed by atoms with Crippen LogP contribution < -0.4 is 20.5 Å². The van der Waals surface area contributed by atoms with Crippen molar-refractivity contribution < 1.29 is 14.3 Å². The fourth-order valence-corrected chi connectivity index (χ4v) is 2.42. The highest BCUT2D eigenvalue weighted by molar-refractivity contribution is 6.32. The van der Waals surface area contributed by atoms with Crippen molar-refractivity contribution in [3.05, 3.63) is 57.0 Å². The van der Waals surface area contributed by atoms with Gasteiger partial charge in [-0.2, -0.15) is 5.10 Å². The predicted molar refractivity (Wildman–Crippen MR) is 95.9 cm³/mol. The van der Waals surface area contributed by atoms with E-state index in [-0.39, 0.29) is 5.56 Å². The molecule has 0 unspecified atom stereocenters. The molecule has 0 spiro atoms. The van der Waals surface area contributed by atoms with Gasteiger partial charge >= 0.3 is 0 Å². The Morgan fingerprint density at radius 2 is 2.20 bits per heavy atom. The summed E-state index contributed by atoms with van der Waals surface area (Å²) >= 11 is 6.15. The van der Waals surface area contributed by atoms with Gasteiger partial charge in [0.1, 0.15) is 5.56 Å². The Bertz CT molecular complexity index is 861. The number of amides is 1. The Morgan fingerprint density at radius 3 is 2.88 bits per heavy atom. The van der Waals surface area contributed by atoms with Gasteiger partial charge in [0.05, 0.1) is 25.0 Å². The van der Waals surface area contributed by atoms with Gasteiger partial charge in [-0.1, -0.05) is 11.6 Å². The van der Waals surface area contributed by atoms with Crippen molar-refractivity contribution >= 4 is 23.7 Å². The number of ether oxygens (including phenoxy) is 2. The monoisotopic (exact) mass is 363 g/mol. The van der Waals surface area contributed by atoms with E-state index in [1.54, 1.807) is 31.4 Å². The highest BCUT2D eigenvalue weighted by Gasteiger charge is 2.12. The molecule has 1 heterocycles. The van der Waals surface area contributed by atoms with Crippen molar-refractivity contribution in [2.75, 3.05) is 13.7 Å². The van der Waals surface area contributed by atoms with Gasteiger partial charge in [0.25, 0.3) is 11.5 Å². The number of aryl methyl sites for hydroxylation is 1. The van der Waals surface area contributed by atoms with Crippen molar-refractivity contribution in [2.45, 2.75) is 6.92 Å². The zero-order valence-corrected chi connectivity index (χ0v) is 14.8. The van der Waals surface area contributed by atoms with Crippen molar-refractivity contribution in [3.8, 4) is 11.5 Å². The summed E-state index contributed by atoms with van der Waals surface area (Å²) in [5.41, 5.74) is 2.53. The molecule has 1 aromatic carbocycles. The van der Waals surface area contributed by atoms with Gasteiger partial charge in [-0.15, -0.1) is 0 Å². The maximum absolute atomic E-state index is 12.0. The van der Waals surface area contributed by atoms with E-state index < -0.39 is 11.5 Å². The Balaban J connectivity index is 2.18. The van der Waals surface area contributed by atoms with Crippen LogP contribution in [0.3, 0.4) is 0 Å². The topological polar surface area (TPSA) is 81.9 Å². The number of nitrogens with zero attached hydrogens (tertiary/aromatic N) is 2. The molecule has 0 bridgehead atoms. The lowest BCUT2D eigenvalue weighted by Crippen LogP contribution is -2.29. The average Bonchev–Trinajstić information content (AvgIpc) is 2.57. The van der Waals surface area contributed by atoms with Crippen LogP contribution in [0.5, 0.6) is 11.5 Å². The summed E-state index contributed by atoms with van der Waals surface area (Å²) in [4.78, 5) is 23.9. The molecular formula is C17H18ClN3O4. The van der Waals surface area contributed by atoms with Crippen LogP contribution in [0.2, 0.25) is 5.02 Å². The zero-order chi connectivity index (χ0) is 18.4. The third-order valence-electron chi connectivity index (χ3n) is 3.28. The molecule has 0 fully saturated rings. The molecule has 0 aliphatic rings. The second kappa shape index (κ2) is 8.34. The molecule has 0 saturated heterocycles. The molecule has 2 rings (SSSR count). The van der Waals surface area contributed by atoms with Crippen LogP contribution in [0.1, 0.15) is 22.8 Å². The van der Waals surface area contributed by atoms with Crippen molar-refractivity contribution in [3.63, 3.8) is 0 Å². The van der Waals surface area contributed by atoms with Crippen LogP contribution in [-0.2, 0) is 7.05 Å². The Kier molecular flexibility index (Phi) is 6.19. The van der Waals surface area contributed by atoms with Gasteiger partial charge in [0.15, 0.2) is 11.5 Å². The minimum atomic E-state index is -0.595. The molecule has 1 amide bonds. The van der Waals surface area contributed by atoms with E-state index in [9.17, 15) is 9.59 Å². The first-order valence-electron chi connectivity index (χ1n) is 7.47. The summed E-state index contributed by atoms with van der Waals surface area (Å²) < 4.78 is 12.0. The summed E-state index contributed by atoms with van der Waals surface area (Å²) in [7, 11) is 3.06. The van der Waals surface area contributed by atoms with Gasteiger partial charge in [-0.05, 0) is 36.8 Å². The van der Waals surface area contributed by atoms with Crippen LogP contribution in [-0.4, -0.2) is 30.4 Å². The first-order chi connectivity index (χ1) is 12.0. The van der Waals surface area contributed by atoms with Crippen LogP contribution in [0.25, 0.3) is 0 Å². The minimum absolute atomic E-state index is 0.00455. The second-order valence-electron chi connectivity index (χ2n) is 5.00. The third kappa shape index (κ3) is 4.39. The number of carbonyl (C=O) groups is 1. The molecule has 1 N–H and O–H groups in total. The number of hydrogen-bond acceptors (Lipinski definition) is 5. The molecule has 0 aliphatic heterocycles. The van der Waals surface area contributed by atoms with Gasteiger partial charge in [0, 0.05) is 13.2 Å². The van der Waals surface area contributed by atoms with E-state index in [0.29, 0.717) is 28.7 Å². The number of rotatable bonds is 6. The molecule has 7 nitrogen and oxygen atoms in total. The zero-order valence-electron chi connectivity index (χ0n) is 14.1. The number of halogens is 1. The molecule has 2 aromatic rings. The molecule has 0 saturated carbocycles. The van der Waals surface area contributed by atoms with Crippen LogP contribution in [0.15, 0.2) is 40.4 Å². The number of pyridine rings is 1. The lowest BCUT2D eigenvalue weighted by atomic mass is 10.2. The number of nitrogens with one attached hydrogen (secondary N) is 1. The van der Waals surface area contributed by atoms with E-state index in [4.69, 9.17) is 21.1 Å². The fourth-order valence-electron chi connectivity index (χ4n) is 2.12. The van der Waals surface area contributed by atoms with E-state index in [1.165, 1.54) is 24.0 Å². The number of methoxy groups -OCH3 is 1. The number of carbonyl (C=O) groups excluding carboxylic acids is 1. The second-order valence-corrected chi connectivity index (χ2v) is 5.41. The Labute approximate surface area is 149 Å². The molecule has 132 valence electrons. The molecule has 1 aromatic heterocycles. The van der Waals surface area contributed by atoms with Gasteiger partial charge in [-0.25, -0.2) is 5.43 Å². The highest BCUT2D eigenvalue weighted by atomic mass is 35.5. The third-order valence-corrected chi connectivity index (χ3v) is 3.56. The molecule has 25 heavy (non-hydrogen) atoms. The summed E-state index contributed by atoms with van der Waals surface area (Å²) in [5, 5.41) is 4.22. The van der Waals surface area contributed by atoms with E-state index in [1.807, 2.05) is 6.92 Å². The van der Waals surface area contributed by atoms with Gasteiger partial charge in [0.2, 0.25) is 0 Å². The first-order valence-corrected chi connectivity index (χ1v) is 7.85. The molecular weight excluding hydrogens is 346 g/mol. The molecule has 0 radical (unpaired) electrons. The Hall–Kier alpha value is -2.80. The lowest BCUT2D eigenvalue weighted by molar-refractivity contribution is 0.0953. The predicted octanol–water partition coefficient (Wildman–Crippen LogP) is 2.21. The van der Waals surface area contributed by atoms with Gasteiger partial charge < -0.3 is 14.0 Å². The minimum Gasteiger partial charge on any atom is -0.491 e. The first kappa shape index (κ1) is 18.5. The van der Waals surface area contributed by atoms with E-state index in [2.05, 4.69) is 10.5 Å². The fraction of sp³-hybridized carbons (Fsp3) is 0.235. The normalized spacial score (nSPS) is 10.7. The lowest BCUT2D eigenvalue weighted by Gasteiger charge is -2.11. The number of hydrogen-bond donors (Lipinski definition) is 1. The quantitative estimate of drug-likeness (QED) is 0.630. The van der Waals surface area contributed by atoms with Crippen LogP contribution >= 0.6 is 11.6 Å². The number of benzene rings is 1. The summed E-state index contributed by atoms with van der Waals surface area (Å²) in [6, 6.07) is 6.35. The maximum atomic E-state index is 12.0. The van der Waals surface area contributed by atoms with Crippen LogP contribution in [0, 0.1) is 0 Å². The SMILES string of the molecule is CCOc1cc(/C=N\NC(=O)c2cccn(C)c2=O)cc(Cl)c1OC. The summed E-state index contributed by atoms with van der Waals surface area (Å²) in [6.07, 6.45) is 2.97. The average molecular weight is 364 g/mol. The highest BCUT2D eigenvalue weighted by Crippen LogP contribution is 2.35.